The highest BCUT2D eigenvalue weighted by molar-refractivity contribution is 8.00. The summed E-state index contributed by atoms with van der Waals surface area (Å²) in [5.41, 5.74) is 0. The van der Waals surface area contributed by atoms with E-state index in [9.17, 15) is 8.42 Å². The predicted octanol–water partition coefficient (Wildman–Crippen LogP) is 0.917. The lowest BCUT2D eigenvalue weighted by molar-refractivity contribution is 0.376. The van der Waals surface area contributed by atoms with E-state index in [0.29, 0.717) is 30.2 Å². The van der Waals surface area contributed by atoms with Gasteiger partial charge in [-0.2, -0.15) is 11.8 Å². The molecule has 0 aromatic carbocycles. The van der Waals surface area contributed by atoms with Gasteiger partial charge in [-0.15, -0.1) is 0 Å². The molecule has 2 unspecified atom stereocenters. The molecule has 6 nitrogen and oxygen atoms in total. The van der Waals surface area contributed by atoms with Crippen LogP contribution in [-0.4, -0.2) is 80.6 Å². The minimum Gasteiger partial charge on any atom is -0.356 e. The van der Waals surface area contributed by atoms with Crippen molar-refractivity contribution in [1.29, 1.82) is 0 Å². The number of nitrogens with zero attached hydrogens (tertiary/aromatic N) is 3. The van der Waals surface area contributed by atoms with Crippen LogP contribution in [0.4, 0.5) is 0 Å². The van der Waals surface area contributed by atoms with Crippen LogP contribution in [0.5, 0.6) is 0 Å². The van der Waals surface area contributed by atoms with E-state index < -0.39 is 10.0 Å². The van der Waals surface area contributed by atoms with Crippen LogP contribution in [-0.2, 0) is 10.0 Å². The fourth-order valence-corrected chi connectivity index (χ4v) is 5.32. The van der Waals surface area contributed by atoms with Crippen molar-refractivity contribution in [2.75, 3.05) is 51.8 Å². The van der Waals surface area contributed by atoms with Gasteiger partial charge in [-0.1, -0.05) is 13.8 Å². The molecule has 2 fully saturated rings. The van der Waals surface area contributed by atoms with Crippen LogP contribution in [0.1, 0.15) is 20.3 Å². The van der Waals surface area contributed by atoms with Gasteiger partial charge in [-0.25, -0.2) is 12.7 Å². The molecule has 1 N–H and O–H groups in total. The van der Waals surface area contributed by atoms with Crippen molar-refractivity contribution in [3.63, 3.8) is 0 Å². The van der Waals surface area contributed by atoms with E-state index in [-0.39, 0.29) is 0 Å². The topological polar surface area (TPSA) is 65.0 Å². The standard InChI is InChI=1S/C15H30N4O2S2/c1-12(2)14-11-18(7-8-22-14)15(16-3)17-9-13-5-6-19(10-13)23(4,20)21/h12-14H,5-11H2,1-4H3,(H,16,17). The van der Waals surface area contributed by atoms with Gasteiger partial charge in [0.2, 0.25) is 10.0 Å². The van der Waals surface area contributed by atoms with Crippen LogP contribution in [0.25, 0.3) is 0 Å². The Kier molecular flexibility index (Phi) is 6.62. The summed E-state index contributed by atoms with van der Waals surface area (Å²) < 4.78 is 24.8. The van der Waals surface area contributed by atoms with Crippen molar-refractivity contribution in [2.45, 2.75) is 25.5 Å². The van der Waals surface area contributed by atoms with Gasteiger partial charge in [0.05, 0.1) is 6.26 Å². The Morgan fingerprint density at radius 1 is 1.35 bits per heavy atom. The molecule has 0 aliphatic carbocycles. The molecule has 2 heterocycles. The number of rotatable bonds is 4. The van der Waals surface area contributed by atoms with E-state index in [0.717, 1.165) is 37.8 Å². The highest BCUT2D eigenvalue weighted by Crippen LogP contribution is 2.25. The lowest BCUT2D eigenvalue weighted by Gasteiger charge is -2.36. The summed E-state index contributed by atoms with van der Waals surface area (Å²) in [7, 11) is -1.23. The summed E-state index contributed by atoms with van der Waals surface area (Å²) in [5.74, 6) is 3.11. The average Bonchev–Trinajstić information content (AvgIpc) is 2.97. The van der Waals surface area contributed by atoms with Crippen molar-refractivity contribution in [3.05, 3.63) is 0 Å². The molecule has 2 atom stereocenters. The second kappa shape index (κ2) is 8.07. The average molecular weight is 363 g/mol. The van der Waals surface area contributed by atoms with Gasteiger partial charge in [0, 0.05) is 50.8 Å². The van der Waals surface area contributed by atoms with Gasteiger partial charge < -0.3 is 10.2 Å². The second-order valence-corrected chi connectivity index (χ2v) is 10.1. The smallest absolute Gasteiger partial charge is 0.211 e. The first-order valence-electron chi connectivity index (χ1n) is 8.33. The molecule has 0 aromatic rings. The highest BCUT2D eigenvalue weighted by Gasteiger charge is 2.29. The maximum Gasteiger partial charge on any atom is 0.211 e. The van der Waals surface area contributed by atoms with Gasteiger partial charge in [0.25, 0.3) is 0 Å². The first kappa shape index (κ1) is 18.9. The number of nitrogens with one attached hydrogen (secondary N) is 1. The molecule has 0 saturated carbocycles. The zero-order chi connectivity index (χ0) is 17.0. The fraction of sp³-hybridized carbons (Fsp3) is 0.933. The van der Waals surface area contributed by atoms with Crippen LogP contribution < -0.4 is 5.32 Å². The van der Waals surface area contributed by atoms with Crippen LogP contribution in [0, 0.1) is 11.8 Å². The molecule has 2 saturated heterocycles. The first-order chi connectivity index (χ1) is 10.8. The lowest BCUT2D eigenvalue weighted by Crippen LogP contribution is -2.50. The number of sulfonamides is 1. The van der Waals surface area contributed by atoms with Crippen molar-refractivity contribution in [1.82, 2.24) is 14.5 Å². The Balaban J connectivity index is 1.84. The largest absolute Gasteiger partial charge is 0.356 e. The van der Waals surface area contributed by atoms with Crippen molar-refractivity contribution in [2.24, 2.45) is 16.8 Å². The second-order valence-electron chi connectivity index (χ2n) is 6.80. The Bertz CT molecular complexity index is 522. The minimum atomic E-state index is -3.05. The summed E-state index contributed by atoms with van der Waals surface area (Å²) >= 11 is 2.05. The predicted molar refractivity (Wildman–Crippen MR) is 98.5 cm³/mol. The van der Waals surface area contributed by atoms with Gasteiger partial charge in [-0.05, 0) is 18.3 Å². The maximum absolute atomic E-state index is 11.6. The van der Waals surface area contributed by atoms with Gasteiger partial charge >= 0.3 is 0 Å². The van der Waals surface area contributed by atoms with E-state index in [1.807, 2.05) is 7.05 Å². The summed E-state index contributed by atoms with van der Waals surface area (Å²) in [6.45, 7) is 8.64. The van der Waals surface area contributed by atoms with Crippen LogP contribution >= 0.6 is 11.8 Å². The number of thioether (sulfide) groups is 1. The summed E-state index contributed by atoms with van der Waals surface area (Å²) in [6, 6.07) is 0. The van der Waals surface area contributed by atoms with E-state index in [1.165, 1.54) is 6.26 Å². The molecule has 0 aromatic heterocycles. The normalized spacial score (nSPS) is 27.7. The van der Waals surface area contributed by atoms with Crippen LogP contribution in [0.15, 0.2) is 4.99 Å². The summed E-state index contributed by atoms with van der Waals surface area (Å²) in [6.07, 6.45) is 2.21. The molecule has 0 spiro atoms. The van der Waals surface area contributed by atoms with Gasteiger partial charge in [-0.3, -0.25) is 4.99 Å². The van der Waals surface area contributed by atoms with E-state index in [4.69, 9.17) is 0 Å². The van der Waals surface area contributed by atoms with Crippen LogP contribution in [0.3, 0.4) is 0 Å². The molecule has 8 heteroatoms. The molecule has 23 heavy (non-hydrogen) atoms. The van der Waals surface area contributed by atoms with E-state index >= 15 is 0 Å². The van der Waals surface area contributed by atoms with Gasteiger partial charge in [0.15, 0.2) is 5.96 Å². The number of hydrogen-bond acceptors (Lipinski definition) is 4. The summed E-state index contributed by atoms with van der Waals surface area (Å²) in [5, 5.41) is 4.11. The van der Waals surface area contributed by atoms with Crippen molar-refractivity contribution >= 4 is 27.7 Å². The Morgan fingerprint density at radius 2 is 2.09 bits per heavy atom. The molecular formula is C15H30N4O2S2. The highest BCUT2D eigenvalue weighted by atomic mass is 32.2. The molecule has 2 aliphatic rings. The van der Waals surface area contributed by atoms with E-state index in [2.05, 4.69) is 40.8 Å². The Morgan fingerprint density at radius 3 is 2.65 bits per heavy atom. The third-order valence-corrected chi connectivity index (χ3v) is 7.42. The monoisotopic (exact) mass is 362 g/mol. The third-order valence-electron chi connectivity index (χ3n) is 4.61. The SMILES string of the molecule is CN=C(NCC1CCN(S(C)(=O)=O)C1)N1CCSC(C(C)C)C1. The molecular weight excluding hydrogens is 332 g/mol. The summed E-state index contributed by atoms with van der Waals surface area (Å²) in [4.78, 5) is 6.76. The number of aliphatic imine (C=N–C) groups is 1. The Hall–Kier alpha value is -0.470. The zero-order valence-corrected chi connectivity index (χ0v) is 16.3. The maximum atomic E-state index is 11.6. The Labute approximate surface area is 145 Å². The van der Waals surface area contributed by atoms with E-state index in [1.54, 1.807) is 4.31 Å². The molecule has 134 valence electrons. The molecule has 0 radical (unpaired) electrons. The quantitative estimate of drug-likeness (QED) is 0.595. The first-order valence-corrected chi connectivity index (χ1v) is 11.2. The van der Waals surface area contributed by atoms with Gasteiger partial charge in [0.1, 0.15) is 0 Å². The molecule has 2 rings (SSSR count). The fourth-order valence-electron chi connectivity index (χ4n) is 3.10. The molecule has 0 bridgehead atoms. The minimum absolute atomic E-state index is 0.363. The van der Waals surface area contributed by atoms with Crippen LogP contribution in [0.2, 0.25) is 0 Å². The molecule has 0 amide bonds. The van der Waals surface area contributed by atoms with Crippen molar-refractivity contribution in [3.8, 4) is 0 Å². The number of hydrogen-bond donors (Lipinski definition) is 1. The van der Waals surface area contributed by atoms with Crippen molar-refractivity contribution < 1.29 is 8.42 Å². The molecule has 2 aliphatic heterocycles. The lowest BCUT2D eigenvalue weighted by atomic mass is 10.1. The number of guanidine groups is 1. The zero-order valence-electron chi connectivity index (χ0n) is 14.7. The third kappa shape index (κ3) is 5.26.